The summed E-state index contributed by atoms with van der Waals surface area (Å²) in [5.74, 6) is 0. The van der Waals surface area contributed by atoms with Gasteiger partial charge in [-0.05, 0) is 0 Å². The lowest BCUT2D eigenvalue weighted by molar-refractivity contribution is 0.145. The number of halogens is 3. The van der Waals surface area contributed by atoms with Crippen molar-refractivity contribution in [1.29, 1.82) is 5.26 Å². The van der Waals surface area contributed by atoms with Crippen LogP contribution in [0.3, 0.4) is 0 Å². The summed E-state index contributed by atoms with van der Waals surface area (Å²) in [5, 5.41) is 8.19. The molecule has 0 aliphatic carbocycles. The standard InChI is InChI=1S/C7H3ClF2N2O/c8-4-1-5(13)12-6(7(9)10)3(4)2-11/h1,7H,(H,12,13). The highest BCUT2D eigenvalue weighted by Crippen LogP contribution is 2.23. The van der Waals surface area contributed by atoms with E-state index in [0.29, 0.717) is 0 Å². The van der Waals surface area contributed by atoms with Gasteiger partial charge in [-0.1, -0.05) is 11.6 Å². The van der Waals surface area contributed by atoms with E-state index in [1.54, 1.807) is 0 Å². The minimum absolute atomic E-state index is 0.262. The number of pyridine rings is 1. The number of nitriles is 1. The van der Waals surface area contributed by atoms with Crippen LogP contribution in [0.4, 0.5) is 8.78 Å². The van der Waals surface area contributed by atoms with E-state index < -0.39 is 23.2 Å². The topological polar surface area (TPSA) is 56.6 Å². The van der Waals surface area contributed by atoms with Gasteiger partial charge in [0.2, 0.25) is 5.56 Å². The Bertz CT molecular complexity index is 421. The van der Waals surface area contributed by atoms with Gasteiger partial charge in [0.25, 0.3) is 6.43 Å². The van der Waals surface area contributed by atoms with Gasteiger partial charge >= 0.3 is 0 Å². The summed E-state index contributed by atoms with van der Waals surface area (Å²) >= 11 is 5.40. The molecule has 0 atom stereocenters. The van der Waals surface area contributed by atoms with Gasteiger partial charge in [-0.3, -0.25) is 4.79 Å². The van der Waals surface area contributed by atoms with Crippen molar-refractivity contribution >= 4 is 11.6 Å². The van der Waals surface area contributed by atoms with E-state index >= 15 is 0 Å². The summed E-state index contributed by atoms with van der Waals surface area (Å²) in [6, 6.07) is 2.37. The molecule has 0 spiro atoms. The molecule has 0 aromatic carbocycles. The summed E-state index contributed by atoms with van der Waals surface area (Å²) in [4.78, 5) is 12.6. The summed E-state index contributed by atoms with van der Waals surface area (Å²) < 4.78 is 24.4. The third kappa shape index (κ3) is 1.84. The number of nitrogens with zero attached hydrogens (tertiary/aromatic N) is 1. The molecule has 1 rings (SSSR count). The average Bonchev–Trinajstić information content (AvgIpc) is 2.02. The lowest BCUT2D eigenvalue weighted by atomic mass is 10.2. The Morgan fingerprint density at radius 1 is 1.62 bits per heavy atom. The van der Waals surface area contributed by atoms with Crippen molar-refractivity contribution in [2.45, 2.75) is 6.43 Å². The van der Waals surface area contributed by atoms with Gasteiger partial charge in [-0.15, -0.1) is 0 Å². The number of nitrogens with one attached hydrogen (secondary N) is 1. The second kappa shape index (κ2) is 3.54. The molecule has 1 aromatic heterocycles. The molecule has 1 N–H and O–H groups in total. The molecule has 68 valence electrons. The first-order chi connectivity index (χ1) is 6.06. The highest BCUT2D eigenvalue weighted by atomic mass is 35.5. The second-order valence-corrected chi connectivity index (χ2v) is 2.59. The Kier molecular flexibility index (Phi) is 2.63. The van der Waals surface area contributed by atoms with Gasteiger partial charge in [0.1, 0.15) is 11.8 Å². The van der Waals surface area contributed by atoms with Crippen LogP contribution >= 0.6 is 11.6 Å². The number of hydrogen-bond acceptors (Lipinski definition) is 2. The van der Waals surface area contributed by atoms with Crippen molar-refractivity contribution in [2.75, 3.05) is 0 Å². The maximum absolute atomic E-state index is 12.2. The Morgan fingerprint density at radius 3 is 2.69 bits per heavy atom. The fraction of sp³-hybridized carbons (Fsp3) is 0.143. The van der Waals surface area contributed by atoms with Crippen molar-refractivity contribution in [3.63, 3.8) is 0 Å². The van der Waals surface area contributed by atoms with Crippen LogP contribution in [0.25, 0.3) is 0 Å². The van der Waals surface area contributed by atoms with Gasteiger partial charge < -0.3 is 4.98 Å². The fourth-order valence-electron chi connectivity index (χ4n) is 0.825. The first kappa shape index (κ1) is 9.68. The predicted octanol–water partition coefficient (Wildman–Crippen LogP) is 1.84. The van der Waals surface area contributed by atoms with Gasteiger partial charge in [0.05, 0.1) is 10.6 Å². The number of hydrogen-bond donors (Lipinski definition) is 1. The van der Waals surface area contributed by atoms with E-state index in [0.717, 1.165) is 6.07 Å². The summed E-state index contributed by atoms with van der Waals surface area (Å²) in [6.45, 7) is 0. The molecule has 0 radical (unpaired) electrons. The molecule has 0 saturated carbocycles. The normalized spacial score (nSPS) is 10.1. The molecule has 1 aromatic rings. The quantitative estimate of drug-likeness (QED) is 0.759. The van der Waals surface area contributed by atoms with Crippen LogP contribution in [-0.2, 0) is 0 Å². The van der Waals surface area contributed by atoms with Gasteiger partial charge in [-0.25, -0.2) is 8.78 Å². The van der Waals surface area contributed by atoms with Crippen molar-refractivity contribution in [3.8, 4) is 6.07 Å². The van der Waals surface area contributed by atoms with E-state index in [1.165, 1.54) is 6.07 Å². The lowest BCUT2D eigenvalue weighted by Gasteiger charge is -2.02. The fourth-order valence-corrected chi connectivity index (χ4v) is 1.07. The maximum atomic E-state index is 12.2. The van der Waals surface area contributed by atoms with E-state index in [9.17, 15) is 13.6 Å². The number of alkyl halides is 2. The number of rotatable bonds is 1. The highest BCUT2D eigenvalue weighted by molar-refractivity contribution is 6.31. The molecule has 0 aliphatic rings. The molecule has 0 saturated heterocycles. The zero-order valence-electron chi connectivity index (χ0n) is 6.14. The molecule has 3 nitrogen and oxygen atoms in total. The summed E-state index contributed by atoms with van der Waals surface area (Å²) in [5.41, 5.74) is -1.88. The molecular formula is C7H3ClF2N2O. The van der Waals surface area contributed by atoms with Crippen LogP contribution in [0.1, 0.15) is 17.7 Å². The molecule has 0 amide bonds. The molecule has 0 fully saturated rings. The monoisotopic (exact) mass is 204 g/mol. The van der Waals surface area contributed by atoms with Crippen LogP contribution in [0.15, 0.2) is 10.9 Å². The SMILES string of the molecule is N#Cc1c(Cl)cc(=O)[nH]c1C(F)F. The lowest BCUT2D eigenvalue weighted by Crippen LogP contribution is -2.10. The smallest absolute Gasteiger partial charge is 0.279 e. The number of aromatic nitrogens is 1. The molecule has 0 bridgehead atoms. The van der Waals surface area contributed by atoms with Crippen LogP contribution in [-0.4, -0.2) is 4.98 Å². The van der Waals surface area contributed by atoms with Crippen molar-refractivity contribution in [3.05, 3.63) is 32.7 Å². The van der Waals surface area contributed by atoms with E-state index in [1.807, 2.05) is 4.98 Å². The molecule has 0 unspecified atom stereocenters. The Labute approximate surface area is 76.6 Å². The summed E-state index contributed by atoms with van der Waals surface area (Å²) in [6.07, 6.45) is -2.92. The van der Waals surface area contributed by atoms with Crippen LogP contribution < -0.4 is 5.56 Å². The first-order valence-corrected chi connectivity index (χ1v) is 3.55. The van der Waals surface area contributed by atoms with E-state index in [4.69, 9.17) is 16.9 Å². The van der Waals surface area contributed by atoms with Crippen molar-refractivity contribution in [1.82, 2.24) is 4.98 Å². The van der Waals surface area contributed by atoms with E-state index in [2.05, 4.69) is 0 Å². The van der Waals surface area contributed by atoms with Crippen LogP contribution in [0.2, 0.25) is 5.02 Å². The first-order valence-electron chi connectivity index (χ1n) is 3.17. The predicted molar refractivity (Wildman–Crippen MR) is 41.7 cm³/mol. The zero-order chi connectivity index (χ0) is 10.0. The molecule has 1 heterocycles. The minimum Gasteiger partial charge on any atom is -0.320 e. The van der Waals surface area contributed by atoms with Gasteiger partial charge in [0, 0.05) is 6.07 Å². The van der Waals surface area contributed by atoms with Crippen LogP contribution in [0.5, 0.6) is 0 Å². The van der Waals surface area contributed by atoms with Crippen LogP contribution in [0, 0.1) is 11.3 Å². The zero-order valence-corrected chi connectivity index (χ0v) is 6.90. The number of H-pyrrole nitrogens is 1. The minimum atomic E-state index is -2.92. The molecule has 13 heavy (non-hydrogen) atoms. The van der Waals surface area contributed by atoms with E-state index in [-0.39, 0.29) is 5.02 Å². The maximum Gasteiger partial charge on any atom is 0.279 e. The highest BCUT2D eigenvalue weighted by Gasteiger charge is 2.16. The largest absolute Gasteiger partial charge is 0.320 e. The molecule has 0 aliphatic heterocycles. The van der Waals surface area contributed by atoms with Gasteiger partial charge in [0.15, 0.2) is 0 Å². The molecule has 6 heteroatoms. The Morgan fingerprint density at radius 2 is 2.23 bits per heavy atom. The van der Waals surface area contributed by atoms with Gasteiger partial charge in [-0.2, -0.15) is 5.26 Å². The molecular weight excluding hydrogens is 202 g/mol. The van der Waals surface area contributed by atoms with Crippen molar-refractivity contribution in [2.24, 2.45) is 0 Å². The van der Waals surface area contributed by atoms with Crippen molar-refractivity contribution < 1.29 is 8.78 Å². The Balaban J connectivity index is 3.50. The average molecular weight is 205 g/mol. The third-order valence-electron chi connectivity index (χ3n) is 1.35. The Hall–Kier alpha value is -1.41. The summed E-state index contributed by atoms with van der Waals surface area (Å²) in [7, 11) is 0. The third-order valence-corrected chi connectivity index (χ3v) is 1.65. The second-order valence-electron chi connectivity index (χ2n) is 2.18. The number of aromatic amines is 1.